The molecule has 1 aromatic carbocycles. The van der Waals surface area contributed by atoms with Gasteiger partial charge in [-0.15, -0.1) is 11.8 Å². The van der Waals surface area contributed by atoms with E-state index < -0.39 is 0 Å². The van der Waals surface area contributed by atoms with Crippen LogP contribution < -0.4 is 5.32 Å². The maximum Gasteiger partial charge on any atom is 0.233 e. The molecule has 0 spiro atoms. The maximum absolute atomic E-state index is 13.7. The molecule has 1 atom stereocenters. The standard InChI is InChI=1S/C18H25FN2OS/c19-16-5-2-1-4-15(16)13-21-9-7-14(8-10-21)12-20-18(22)17-6-3-11-23-17/h1-2,4-5,14,17H,3,6-13H2,(H,20,22). The molecule has 1 amide bonds. The molecule has 0 bridgehead atoms. The van der Waals surface area contributed by atoms with Gasteiger partial charge in [0.25, 0.3) is 0 Å². The minimum absolute atomic E-state index is 0.115. The molecule has 1 aromatic rings. The number of piperidine rings is 1. The molecule has 2 aliphatic rings. The first-order valence-electron chi connectivity index (χ1n) is 8.57. The highest BCUT2D eigenvalue weighted by Gasteiger charge is 2.25. The van der Waals surface area contributed by atoms with Crippen LogP contribution in [0.5, 0.6) is 0 Å². The third-order valence-electron chi connectivity index (χ3n) is 4.85. The Morgan fingerprint density at radius 3 is 2.74 bits per heavy atom. The quantitative estimate of drug-likeness (QED) is 0.897. The lowest BCUT2D eigenvalue weighted by Crippen LogP contribution is -2.40. The van der Waals surface area contributed by atoms with Gasteiger partial charge in [-0.25, -0.2) is 4.39 Å². The molecule has 3 rings (SSSR count). The minimum Gasteiger partial charge on any atom is -0.355 e. The molecule has 1 unspecified atom stereocenters. The van der Waals surface area contributed by atoms with Crippen molar-refractivity contribution in [1.29, 1.82) is 0 Å². The number of carbonyl (C=O) groups is 1. The number of halogens is 1. The molecule has 1 N–H and O–H groups in total. The molecule has 2 aliphatic heterocycles. The Kier molecular flexibility index (Phi) is 5.95. The lowest BCUT2D eigenvalue weighted by atomic mass is 9.96. The third-order valence-corrected chi connectivity index (χ3v) is 6.22. The van der Waals surface area contributed by atoms with E-state index in [1.54, 1.807) is 17.8 Å². The van der Waals surface area contributed by atoms with Crippen LogP contribution in [0.4, 0.5) is 4.39 Å². The predicted molar refractivity (Wildman–Crippen MR) is 92.9 cm³/mol. The first kappa shape index (κ1) is 16.8. The highest BCUT2D eigenvalue weighted by molar-refractivity contribution is 8.00. The van der Waals surface area contributed by atoms with Gasteiger partial charge in [-0.05, 0) is 56.5 Å². The third kappa shape index (κ3) is 4.70. The largest absolute Gasteiger partial charge is 0.355 e. The van der Waals surface area contributed by atoms with Crippen molar-refractivity contribution < 1.29 is 9.18 Å². The van der Waals surface area contributed by atoms with E-state index in [9.17, 15) is 9.18 Å². The molecule has 0 aliphatic carbocycles. The van der Waals surface area contributed by atoms with Crippen molar-refractivity contribution in [3.8, 4) is 0 Å². The van der Waals surface area contributed by atoms with Crippen molar-refractivity contribution in [2.75, 3.05) is 25.4 Å². The maximum atomic E-state index is 13.7. The molecule has 2 saturated heterocycles. The number of amides is 1. The first-order valence-corrected chi connectivity index (χ1v) is 9.62. The summed E-state index contributed by atoms with van der Waals surface area (Å²) in [6, 6.07) is 7.01. The van der Waals surface area contributed by atoms with Gasteiger partial charge >= 0.3 is 0 Å². The molecule has 0 aromatic heterocycles. The van der Waals surface area contributed by atoms with E-state index in [1.165, 1.54) is 6.07 Å². The van der Waals surface area contributed by atoms with Gasteiger partial charge in [-0.2, -0.15) is 0 Å². The van der Waals surface area contributed by atoms with E-state index in [0.717, 1.165) is 56.6 Å². The molecule has 0 radical (unpaired) electrons. The summed E-state index contributed by atoms with van der Waals surface area (Å²) in [6.45, 7) is 3.44. The minimum atomic E-state index is -0.115. The molecule has 2 heterocycles. The van der Waals surface area contributed by atoms with Crippen molar-refractivity contribution in [2.24, 2.45) is 5.92 Å². The van der Waals surface area contributed by atoms with Crippen molar-refractivity contribution in [3.63, 3.8) is 0 Å². The lowest BCUT2D eigenvalue weighted by molar-refractivity contribution is -0.120. The number of thioether (sulfide) groups is 1. The van der Waals surface area contributed by atoms with E-state index in [1.807, 2.05) is 12.1 Å². The second kappa shape index (κ2) is 8.15. The van der Waals surface area contributed by atoms with Gasteiger partial charge in [0.15, 0.2) is 0 Å². The SMILES string of the molecule is O=C(NCC1CCN(Cc2ccccc2F)CC1)C1CCCS1. The average Bonchev–Trinajstić information content (AvgIpc) is 3.11. The Bertz CT molecular complexity index is 526. The number of nitrogens with one attached hydrogen (secondary N) is 1. The number of hydrogen-bond acceptors (Lipinski definition) is 3. The van der Waals surface area contributed by atoms with Gasteiger partial charge in [-0.1, -0.05) is 18.2 Å². The van der Waals surface area contributed by atoms with Crippen LogP contribution in [-0.4, -0.2) is 41.4 Å². The molecule has 23 heavy (non-hydrogen) atoms. The van der Waals surface area contributed by atoms with Crippen molar-refractivity contribution in [3.05, 3.63) is 35.6 Å². The number of benzene rings is 1. The monoisotopic (exact) mass is 336 g/mol. The summed E-state index contributed by atoms with van der Waals surface area (Å²) < 4.78 is 13.7. The average molecular weight is 336 g/mol. The van der Waals surface area contributed by atoms with E-state index in [2.05, 4.69) is 10.2 Å². The fourth-order valence-corrected chi connectivity index (χ4v) is 4.55. The van der Waals surface area contributed by atoms with E-state index in [-0.39, 0.29) is 17.0 Å². The van der Waals surface area contributed by atoms with Gasteiger partial charge in [0.1, 0.15) is 5.82 Å². The molecule has 3 nitrogen and oxygen atoms in total. The first-order chi connectivity index (χ1) is 11.2. The summed E-state index contributed by atoms with van der Waals surface area (Å²) in [4.78, 5) is 14.4. The number of nitrogens with zero attached hydrogens (tertiary/aromatic N) is 1. The summed E-state index contributed by atoms with van der Waals surface area (Å²) >= 11 is 1.78. The molecular formula is C18H25FN2OS. The smallest absolute Gasteiger partial charge is 0.233 e. The van der Waals surface area contributed by atoms with Gasteiger partial charge in [-0.3, -0.25) is 9.69 Å². The van der Waals surface area contributed by atoms with Crippen LogP contribution in [0.3, 0.4) is 0 Å². The Morgan fingerprint density at radius 2 is 2.04 bits per heavy atom. The Labute approximate surface area is 142 Å². The van der Waals surface area contributed by atoms with Crippen LogP contribution in [0.15, 0.2) is 24.3 Å². The van der Waals surface area contributed by atoms with Gasteiger partial charge in [0.05, 0.1) is 5.25 Å². The summed E-state index contributed by atoms with van der Waals surface area (Å²) in [6.07, 6.45) is 4.34. The number of hydrogen-bond donors (Lipinski definition) is 1. The molecule has 0 saturated carbocycles. The lowest BCUT2D eigenvalue weighted by Gasteiger charge is -2.32. The van der Waals surface area contributed by atoms with Gasteiger partial charge < -0.3 is 5.32 Å². The topological polar surface area (TPSA) is 32.3 Å². The van der Waals surface area contributed by atoms with Gasteiger partial charge in [0.2, 0.25) is 5.91 Å². The summed E-state index contributed by atoms with van der Waals surface area (Å²) in [5.74, 6) is 1.78. The number of rotatable bonds is 5. The fourth-order valence-electron chi connectivity index (χ4n) is 3.36. The Morgan fingerprint density at radius 1 is 1.26 bits per heavy atom. The van der Waals surface area contributed by atoms with Crippen LogP contribution >= 0.6 is 11.8 Å². The normalized spacial score (nSPS) is 23.1. The number of carbonyl (C=O) groups excluding carboxylic acids is 1. The summed E-state index contributed by atoms with van der Waals surface area (Å²) in [7, 11) is 0. The summed E-state index contributed by atoms with van der Waals surface area (Å²) in [5, 5.41) is 3.31. The van der Waals surface area contributed by atoms with Crippen molar-refractivity contribution in [2.45, 2.75) is 37.5 Å². The van der Waals surface area contributed by atoms with Crippen molar-refractivity contribution >= 4 is 17.7 Å². The van der Waals surface area contributed by atoms with E-state index in [0.29, 0.717) is 12.5 Å². The number of likely N-dealkylation sites (tertiary alicyclic amines) is 1. The molecule has 5 heteroatoms. The van der Waals surface area contributed by atoms with E-state index >= 15 is 0 Å². The predicted octanol–water partition coefficient (Wildman–Crippen LogP) is 3.05. The Balaban J connectivity index is 1.38. The van der Waals surface area contributed by atoms with Crippen molar-refractivity contribution in [1.82, 2.24) is 10.2 Å². The highest BCUT2D eigenvalue weighted by Crippen LogP contribution is 2.26. The zero-order chi connectivity index (χ0) is 16.1. The second-order valence-corrected chi connectivity index (χ2v) is 7.87. The van der Waals surface area contributed by atoms with Crippen LogP contribution in [0.1, 0.15) is 31.2 Å². The zero-order valence-corrected chi connectivity index (χ0v) is 14.3. The second-order valence-electron chi connectivity index (χ2n) is 6.56. The molecular weight excluding hydrogens is 311 g/mol. The van der Waals surface area contributed by atoms with Crippen LogP contribution in [0.2, 0.25) is 0 Å². The van der Waals surface area contributed by atoms with Gasteiger partial charge in [0, 0.05) is 18.7 Å². The molecule has 126 valence electrons. The Hall–Kier alpha value is -1.07. The van der Waals surface area contributed by atoms with E-state index in [4.69, 9.17) is 0 Å². The zero-order valence-electron chi connectivity index (χ0n) is 13.5. The molecule has 2 fully saturated rings. The van der Waals surface area contributed by atoms with Crippen LogP contribution in [0.25, 0.3) is 0 Å². The summed E-state index contributed by atoms with van der Waals surface area (Å²) in [5.41, 5.74) is 0.775. The fraction of sp³-hybridized carbons (Fsp3) is 0.611. The highest BCUT2D eigenvalue weighted by atomic mass is 32.2. The van der Waals surface area contributed by atoms with Crippen LogP contribution in [-0.2, 0) is 11.3 Å². The van der Waals surface area contributed by atoms with Crippen LogP contribution in [0, 0.1) is 11.7 Å².